The van der Waals surface area contributed by atoms with E-state index >= 15 is 0 Å². The van der Waals surface area contributed by atoms with Crippen molar-refractivity contribution in [3.05, 3.63) is 24.3 Å². The monoisotopic (exact) mass is 883 g/mol. The van der Waals surface area contributed by atoms with Crippen LogP contribution < -0.4 is 10.2 Å². The Morgan fingerprint density at radius 3 is 1.33 bits per heavy atom. The molecule has 0 aromatic heterocycles. The number of quaternary nitrogens is 1. The predicted octanol–water partition coefficient (Wildman–Crippen LogP) is 14.6. The highest BCUT2D eigenvalue weighted by atomic mass is 31.2. The van der Waals surface area contributed by atoms with Gasteiger partial charge in [-0.15, -0.1) is 0 Å². The fourth-order valence-electron chi connectivity index (χ4n) is 7.76. The van der Waals surface area contributed by atoms with Crippen molar-refractivity contribution in [3.8, 4) is 0 Å². The van der Waals surface area contributed by atoms with E-state index in [-0.39, 0.29) is 19.1 Å². The van der Waals surface area contributed by atoms with Gasteiger partial charge in [0.1, 0.15) is 13.2 Å². The van der Waals surface area contributed by atoms with Crippen molar-refractivity contribution in [2.45, 2.75) is 264 Å². The van der Waals surface area contributed by atoms with Crippen LogP contribution in [0.4, 0.5) is 0 Å². The fourth-order valence-corrected chi connectivity index (χ4v) is 8.48. The van der Waals surface area contributed by atoms with E-state index < -0.39 is 20.0 Å². The minimum atomic E-state index is -4.59. The molecule has 9 heteroatoms. The summed E-state index contributed by atoms with van der Waals surface area (Å²) in [5.74, 6) is -0.203. The predicted molar refractivity (Wildman–Crippen MR) is 261 cm³/mol. The number of phosphoric acid groups is 1. The number of rotatable bonds is 48. The number of hydrogen-bond donors (Lipinski definition) is 2. The normalized spacial score (nSPS) is 14.3. The van der Waals surface area contributed by atoms with E-state index in [0.717, 1.165) is 38.5 Å². The summed E-state index contributed by atoms with van der Waals surface area (Å²) >= 11 is 0. The van der Waals surface area contributed by atoms with Crippen LogP contribution in [0.5, 0.6) is 0 Å². The Kier molecular flexibility index (Phi) is 43.5. The average Bonchev–Trinajstić information content (AvgIpc) is 3.21. The molecule has 0 radical (unpaired) electrons. The maximum atomic E-state index is 12.9. The van der Waals surface area contributed by atoms with Gasteiger partial charge in [0, 0.05) is 6.42 Å². The number of aliphatic hydroxyl groups is 1. The van der Waals surface area contributed by atoms with Gasteiger partial charge in [0.2, 0.25) is 5.91 Å². The van der Waals surface area contributed by atoms with Crippen LogP contribution in [0, 0.1) is 0 Å². The summed E-state index contributed by atoms with van der Waals surface area (Å²) in [4.78, 5) is 25.4. The Bertz CT molecular complexity index is 1050. The van der Waals surface area contributed by atoms with Crippen molar-refractivity contribution in [2.24, 2.45) is 0 Å². The van der Waals surface area contributed by atoms with Gasteiger partial charge in [0.25, 0.3) is 7.82 Å². The number of phosphoric ester groups is 1. The number of likely N-dealkylation sites (N-methyl/N-ethyl adjacent to an activating group) is 1. The minimum Gasteiger partial charge on any atom is -0.756 e. The first-order valence-corrected chi connectivity index (χ1v) is 27.7. The third-order valence-corrected chi connectivity index (χ3v) is 12.9. The molecule has 0 saturated heterocycles. The van der Waals surface area contributed by atoms with E-state index in [4.69, 9.17) is 9.05 Å². The number of carbonyl (C=O) groups excluding carboxylic acids is 1. The largest absolute Gasteiger partial charge is 0.756 e. The molecule has 0 aliphatic carbocycles. The van der Waals surface area contributed by atoms with Crippen molar-refractivity contribution < 1.29 is 32.9 Å². The number of carbonyl (C=O) groups is 1. The Labute approximate surface area is 379 Å². The first-order chi connectivity index (χ1) is 29.5. The topological polar surface area (TPSA) is 108 Å². The van der Waals surface area contributed by atoms with Crippen LogP contribution in [0.1, 0.15) is 251 Å². The number of aliphatic hydroxyl groups excluding tert-OH is 1. The van der Waals surface area contributed by atoms with Crippen molar-refractivity contribution in [1.82, 2.24) is 5.32 Å². The third kappa shape index (κ3) is 46.8. The van der Waals surface area contributed by atoms with Gasteiger partial charge in [-0.05, 0) is 32.1 Å². The van der Waals surface area contributed by atoms with Crippen LogP contribution in [-0.4, -0.2) is 68.5 Å². The highest BCUT2D eigenvalue weighted by Crippen LogP contribution is 2.38. The molecule has 8 nitrogen and oxygen atoms in total. The molecule has 3 atom stereocenters. The lowest BCUT2D eigenvalue weighted by molar-refractivity contribution is -0.870. The average molecular weight is 883 g/mol. The molecule has 0 aliphatic rings. The zero-order chi connectivity index (χ0) is 45.0. The van der Waals surface area contributed by atoms with Gasteiger partial charge >= 0.3 is 0 Å². The Balaban J connectivity index is 4.15. The molecule has 0 aromatic carbocycles. The molecular weight excluding hydrogens is 780 g/mol. The molecule has 0 heterocycles. The molecule has 0 saturated carbocycles. The second-order valence-corrected chi connectivity index (χ2v) is 20.6. The lowest BCUT2D eigenvalue weighted by atomic mass is 10.0. The highest BCUT2D eigenvalue weighted by Gasteiger charge is 2.23. The van der Waals surface area contributed by atoms with E-state index in [1.807, 2.05) is 27.2 Å². The number of hydrogen-bond acceptors (Lipinski definition) is 6. The second-order valence-electron chi connectivity index (χ2n) is 19.2. The van der Waals surface area contributed by atoms with Crippen molar-refractivity contribution in [1.29, 1.82) is 0 Å². The van der Waals surface area contributed by atoms with Crippen LogP contribution in [0.15, 0.2) is 24.3 Å². The van der Waals surface area contributed by atoms with Crippen LogP contribution in [0.2, 0.25) is 0 Å². The van der Waals surface area contributed by atoms with E-state index in [2.05, 4.69) is 31.3 Å². The molecule has 0 rings (SSSR count). The van der Waals surface area contributed by atoms with E-state index in [1.54, 1.807) is 6.08 Å². The van der Waals surface area contributed by atoms with Gasteiger partial charge in [0.15, 0.2) is 0 Å². The lowest BCUT2D eigenvalue weighted by Gasteiger charge is -2.29. The minimum absolute atomic E-state index is 0.00412. The molecule has 0 aromatic rings. The van der Waals surface area contributed by atoms with Crippen molar-refractivity contribution >= 4 is 13.7 Å². The Hall–Kier alpha value is -1.02. The zero-order valence-electron chi connectivity index (χ0n) is 41.1. The number of allylic oxidation sites excluding steroid dienone is 3. The highest BCUT2D eigenvalue weighted by molar-refractivity contribution is 7.45. The molecular formula is C52H103N2O6P. The van der Waals surface area contributed by atoms with Crippen molar-refractivity contribution in [3.63, 3.8) is 0 Å². The van der Waals surface area contributed by atoms with Gasteiger partial charge in [-0.2, -0.15) is 0 Å². The maximum Gasteiger partial charge on any atom is 0.268 e. The van der Waals surface area contributed by atoms with Crippen LogP contribution >= 0.6 is 7.82 Å². The summed E-state index contributed by atoms with van der Waals surface area (Å²) in [5, 5.41) is 13.8. The van der Waals surface area contributed by atoms with Gasteiger partial charge in [-0.3, -0.25) is 9.36 Å². The molecule has 0 aliphatic heterocycles. The molecule has 61 heavy (non-hydrogen) atoms. The van der Waals surface area contributed by atoms with Crippen LogP contribution in [0.25, 0.3) is 0 Å². The van der Waals surface area contributed by atoms with Gasteiger partial charge in [-0.25, -0.2) is 0 Å². The van der Waals surface area contributed by atoms with Gasteiger partial charge < -0.3 is 28.8 Å². The second kappa shape index (κ2) is 44.2. The molecule has 1 amide bonds. The van der Waals surface area contributed by atoms with E-state index in [0.29, 0.717) is 17.4 Å². The standard InChI is InChI=1S/C52H103N2O6P/c1-6-8-10-12-14-16-18-20-21-22-23-24-25-26-27-28-29-30-31-32-34-36-38-40-42-44-46-52(56)53-50(49-60-61(57,58)59-48-47-54(3,4)5)51(55)45-43-41-39-37-35-33-19-17-15-13-11-9-7-2/h35,37,43,45,50-51,55H,6-34,36,38-42,44,46-49H2,1-5H3,(H-,53,56,57,58)/b37-35+,45-43+. The number of amides is 1. The van der Waals surface area contributed by atoms with Crippen molar-refractivity contribution in [2.75, 3.05) is 40.9 Å². The van der Waals surface area contributed by atoms with Crippen LogP contribution in [-0.2, 0) is 18.4 Å². The molecule has 0 bridgehead atoms. The summed E-state index contributed by atoms with van der Waals surface area (Å²) in [5.41, 5.74) is 0. The summed E-state index contributed by atoms with van der Waals surface area (Å²) in [7, 11) is 1.25. The maximum absolute atomic E-state index is 12.9. The Morgan fingerprint density at radius 1 is 0.557 bits per heavy atom. The summed E-state index contributed by atoms with van der Waals surface area (Å²) in [6.07, 6.45) is 54.0. The Morgan fingerprint density at radius 2 is 0.918 bits per heavy atom. The summed E-state index contributed by atoms with van der Waals surface area (Å²) < 4.78 is 23.2. The molecule has 0 fully saturated rings. The van der Waals surface area contributed by atoms with E-state index in [9.17, 15) is 19.4 Å². The fraction of sp³-hybridized carbons (Fsp3) is 0.904. The lowest BCUT2D eigenvalue weighted by Crippen LogP contribution is -2.45. The number of nitrogens with one attached hydrogen (secondary N) is 1. The summed E-state index contributed by atoms with van der Waals surface area (Å²) in [6.45, 7) is 4.64. The zero-order valence-corrected chi connectivity index (χ0v) is 42.0. The molecule has 362 valence electrons. The SMILES string of the molecule is CCCCCCCCC/C=C/CC/C=C/C(O)C(COP(=O)([O-])OCC[N+](C)(C)C)NC(=O)CCCCCCCCCCCCCCCCCCCCCCCCCCCC. The first kappa shape index (κ1) is 60.0. The number of unbranched alkanes of at least 4 members (excludes halogenated alkanes) is 33. The molecule has 3 unspecified atom stereocenters. The molecule has 0 spiro atoms. The third-order valence-electron chi connectivity index (χ3n) is 11.9. The first-order valence-electron chi connectivity index (χ1n) is 26.2. The smallest absolute Gasteiger partial charge is 0.268 e. The molecule has 2 N–H and O–H groups in total. The van der Waals surface area contributed by atoms with Gasteiger partial charge in [-0.1, -0.05) is 237 Å². The van der Waals surface area contributed by atoms with E-state index in [1.165, 1.54) is 193 Å². The summed E-state index contributed by atoms with van der Waals surface area (Å²) in [6, 6.07) is -0.898. The van der Waals surface area contributed by atoms with Gasteiger partial charge in [0.05, 0.1) is 39.9 Å². The van der Waals surface area contributed by atoms with Crippen LogP contribution in [0.3, 0.4) is 0 Å². The number of nitrogens with zero attached hydrogens (tertiary/aromatic N) is 1. The quantitative estimate of drug-likeness (QED) is 0.0273.